The molecule has 0 radical (unpaired) electrons. The Bertz CT molecular complexity index is 998. The molecule has 1 aromatic carbocycles. The average Bonchev–Trinajstić information content (AvgIpc) is 2.86. The quantitative estimate of drug-likeness (QED) is 0.741. The fourth-order valence-corrected chi connectivity index (χ4v) is 4.79. The summed E-state index contributed by atoms with van der Waals surface area (Å²) in [7, 11) is 0. The number of aromatic nitrogens is 1. The number of aryl methyl sites for hydroxylation is 1. The zero-order valence-electron chi connectivity index (χ0n) is 18.9. The van der Waals surface area contributed by atoms with Gasteiger partial charge in [0, 0.05) is 25.2 Å². The highest BCUT2D eigenvalue weighted by molar-refractivity contribution is 5.86. The Morgan fingerprint density at radius 1 is 1.23 bits per heavy atom. The molecule has 4 rings (SSSR count). The number of ether oxygens (including phenoxy) is 1. The molecule has 1 atom stereocenters. The topological polar surface area (TPSA) is 62.7 Å². The van der Waals surface area contributed by atoms with Crippen molar-refractivity contribution in [1.82, 2.24) is 9.88 Å². The number of aliphatic hydroxyl groups is 1. The van der Waals surface area contributed by atoms with Crippen molar-refractivity contribution in [3.8, 4) is 0 Å². The van der Waals surface area contributed by atoms with Gasteiger partial charge in [0.2, 0.25) is 0 Å². The Morgan fingerprint density at radius 3 is 2.65 bits per heavy atom. The molecular weight excluding hydrogens is 388 g/mol. The maximum Gasteiger partial charge on any atom is 0.410 e. The molecule has 0 saturated carbocycles. The lowest BCUT2D eigenvalue weighted by Crippen LogP contribution is -2.42. The van der Waals surface area contributed by atoms with Crippen molar-refractivity contribution in [1.29, 1.82) is 0 Å². The molecule has 0 spiro atoms. The van der Waals surface area contributed by atoms with Crippen LogP contribution in [0.3, 0.4) is 0 Å². The number of pyridine rings is 1. The third kappa shape index (κ3) is 4.52. The lowest BCUT2D eigenvalue weighted by atomic mass is 9.76. The van der Waals surface area contributed by atoms with E-state index in [4.69, 9.17) is 9.72 Å². The number of hydrogen-bond donors (Lipinski definition) is 1. The number of nitrogens with zero attached hydrogens (tertiary/aromatic N) is 2. The van der Waals surface area contributed by atoms with Gasteiger partial charge in [0.25, 0.3) is 0 Å². The molecule has 164 valence electrons. The number of aliphatic hydroxyl groups excluding tert-OH is 1. The number of amides is 1. The van der Waals surface area contributed by atoms with Crippen molar-refractivity contribution in [2.45, 2.75) is 52.1 Å². The zero-order valence-corrected chi connectivity index (χ0v) is 18.9. The summed E-state index contributed by atoms with van der Waals surface area (Å²) in [5, 5.41) is 10.1. The van der Waals surface area contributed by atoms with E-state index in [2.05, 4.69) is 37.3 Å². The first-order valence-corrected chi connectivity index (χ1v) is 11.1. The lowest BCUT2D eigenvalue weighted by Gasteiger charge is -2.37. The summed E-state index contributed by atoms with van der Waals surface area (Å²) in [4.78, 5) is 19.1. The molecule has 1 fully saturated rings. The van der Waals surface area contributed by atoms with Gasteiger partial charge in [-0.25, -0.2) is 4.79 Å². The van der Waals surface area contributed by atoms with E-state index >= 15 is 0 Å². The van der Waals surface area contributed by atoms with Crippen LogP contribution in [-0.4, -0.2) is 46.4 Å². The second-order valence-corrected chi connectivity index (χ2v) is 9.68. The molecule has 2 aliphatic rings. The molecule has 5 heteroatoms. The number of rotatable bonds is 2. The maximum absolute atomic E-state index is 12.5. The van der Waals surface area contributed by atoms with E-state index < -0.39 is 5.60 Å². The normalized spacial score (nSPS) is 19.2. The van der Waals surface area contributed by atoms with Gasteiger partial charge in [0.1, 0.15) is 5.60 Å². The molecule has 1 amide bonds. The monoisotopic (exact) mass is 420 g/mol. The van der Waals surface area contributed by atoms with Crippen LogP contribution in [0.15, 0.2) is 36.5 Å². The van der Waals surface area contributed by atoms with Crippen molar-refractivity contribution >= 4 is 17.7 Å². The third-order valence-corrected chi connectivity index (χ3v) is 6.22. The lowest BCUT2D eigenvalue weighted by molar-refractivity contribution is 0.0178. The molecule has 1 unspecified atom stereocenters. The minimum absolute atomic E-state index is 0.00536. The molecule has 31 heavy (non-hydrogen) atoms. The summed E-state index contributed by atoms with van der Waals surface area (Å²) < 4.78 is 5.57. The molecule has 5 nitrogen and oxygen atoms in total. The van der Waals surface area contributed by atoms with Crippen LogP contribution in [-0.2, 0) is 4.74 Å². The summed E-state index contributed by atoms with van der Waals surface area (Å²) in [6.07, 6.45) is 5.48. The number of hydrogen-bond acceptors (Lipinski definition) is 4. The molecule has 0 bridgehead atoms. The van der Waals surface area contributed by atoms with Crippen LogP contribution in [0.5, 0.6) is 0 Å². The van der Waals surface area contributed by atoms with Gasteiger partial charge >= 0.3 is 6.09 Å². The molecule has 1 N–H and O–H groups in total. The van der Waals surface area contributed by atoms with Gasteiger partial charge < -0.3 is 14.7 Å². The molecule has 1 saturated heterocycles. The third-order valence-electron chi connectivity index (χ3n) is 6.22. The number of benzene rings is 1. The van der Waals surface area contributed by atoms with Gasteiger partial charge in [-0.05, 0) is 80.9 Å². The minimum Gasteiger partial charge on any atom is -0.444 e. The van der Waals surface area contributed by atoms with Crippen molar-refractivity contribution in [3.63, 3.8) is 0 Å². The number of fused-ring (bicyclic) bond motifs is 2. The Kier molecular flexibility index (Phi) is 5.89. The van der Waals surface area contributed by atoms with Gasteiger partial charge in [-0.15, -0.1) is 0 Å². The van der Waals surface area contributed by atoms with Crippen LogP contribution in [0.2, 0.25) is 0 Å². The molecule has 2 aromatic rings. The van der Waals surface area contributed by atoms with Crippen molar-refractivity contribution < 1.29 is 14.6 Å². The van der Waals surface area contributed by atoms with E-state index in [-0.39, 0.29) is 18.6 Å². The zero-order chi connectivity index (χ0) is 22.2. The van der Waals surface area contributed by atoms with Crippen LogP contribution < -0.4 is 0 Å². The second kappa shape index (κ2) is 8.46. The molecular formula is C26H32N2O3. The largest absolute Gasteiger partial charge is 0.444 e. The van der Waals surface area contributed by atoms with E-state index in [1.807, 2.05) is 37.9 Å². The fourth-order valence-electron chi connectivity index (χ4n) is 4.79. The highest BCUT2D eigenvalue weighted by atomic mass is 16.6. The summed E-state index contributed by atoms with van der Waals surface area (Å²) in [5.41, 5.74) is 6.09. The minimum atomic E-state index is -0.485. The number of piperidine rings is 1. The summed E-state index contributed by atoms with van der Waals surface area (Å²) in [6.45, 7) is 9.14. The first kappa shape index (κ1) is 21.6. The number of carbonyl (C=O) groups excluding carboxylic acids is 1. The molecule has 1 aliphatic carbocycles. The summed E-state index contributed by atoms with van der Waals surface area (Å²) >= 11 is 0. The highest BCUT2D eigenvalue weighted by Crippen LogP contribution is 2.44. The summed E-state index contributed by atoms with van der Waals surface area (Å²) in [5.74, 6) is 0.494. The van der Waals surface area contributed by atoms with E-state index in [0.717, 1.165) is 35.2 Å². The van der Waals surface area contributed by atoms with Crippen LogP contribution in [0.4, 0.5) is 4.79 Å². The van der Waals surface area contributed by atoms with E-state index in [1.54, 1.807) is 0 Å². The Hall–Kier alpha value is -2.66. The fraction of sp³-hybridized carbons (Fsp3) is 0.462. The first-order valence-electron chi connectivity index (χ1n) is 11.1. The first-order chi connectivity index (χ1) is 14.8. The second-order valence-electron chi connectivity index (χ2n) is 9.68. The molecule has 1 aromatic heterocycles. The smallest absolute Gasteiger partial charge is 0.410 e. The highest BCUT2D eigenvalue weighted by Gasteiger charge is 2.35. The van der Waals surface area contributed by atoms with Gasteiger partial charge in [-0.1, -0.05) is 29.8 Å². The standard InChI is InChI=1S/C26H32N2O3/c1-17-7-8-21-22(14-17)20(16-29)15-19-6-5-11-27-24(19)23(21)18-9-12-28(13-10-18)25(30)31-26(2,3)4/h5-8,11,14-15,18,23,29H,9-10,12-13,16H2,1-4H3. The molecule has 1 aliphatic heterocycles. The van der Waals surface area contributed by atoms with Gasteiger partial charge in [-0.2, -0.15) is 0 Å². The van der Waals surface area contributed by atoms with Gasteiger partial charge in [-0.3, -0.25) is 4.98 Å². The summed E-state index contributed by atoms with van der Waals surface area (Å²) in [6, 6.07) is 10.5. The van der Waals surface area contributed by atoms with Gasteiger partial charge in [0.15, 0.2) is 0 Å². The molecule has 2 heterocycles. The Morgan fingerprint density at radius 2 is 1.97 bits per heavy atom. The average molecular weight is 421 g/mol. The predicted molar refractivity (Wildman–Crippen MR) is 123 cm³/mol. The Balaban J connectivity index is 1.66. The van der Waals surface area contributed by atoms with E-state index in [1.165, 1.54) is 11.1 Å². The van der Waals surface area contributed by atoms with E-state index in [0.29, 0.717) is 19.0 Å². The predicted octanol–water partition coefficient (Wildman–Crippen LogP) is 5.02. The van der Waals surface area contributed by atoms with Crippen LogP contribution >= 0.6 is 0 Å². The van der Waals surface area contributed by atoms with Crippen molar-refractivity contribution in [3.05, 3.63) is 64.5 Å². The number of likely N-dealkylation sites (tertiary alicyclic amines) is 1. The Labute approximate surface area is 184 Å². The maximum atomic E-state index is 12.5. The van der Waals surface area contributed by atoms with Crippen LogP contribution in [0.1, 0.15) is 67.5 Å². The van der Waals surface area contributed by atoms with Gasteiger partial charge in [0.05, 0.1) is 12.3 Å². The number of carbonyl (C=O) groups is 1. The SMILES string of the molecule is Cc1ccc2c(c1)C(CO)=Cc1cccnc1C2C1CCN(C(=O)OC(C)(C)C)CC1. The van der Waals surface area contributed by atoms with Crippen molar-refractivity contribution in [2.24, 2.45) is 5.92 Å². The van der Waals surface area contributed by atoms with E-state index in [9.17, 15) is 9.90 Å². The van der Waals surface area contributed by atoms with Crippen molar-refractivity contribution in [2.75, 3.05) is 19.7 Å². The van der Waals surface area contributed by atoms with Crippen LogP contribution in [0.25, 0.3) is 11.6 Å². The van der Waals surface area contributed by atoms with Crippen LogP contribution in [0, 0.1) is 12.8 Å².